The molecule has 0 nitrogen and oxygen atoms in total. The molecular formula is C58H42. The Bertz CT molecular complexity index is 3320. The highest BCUT2D eigenvalue weighted by molar-refractivity contribution is 6.27. The van der Waals surface area contributed by atoms with Crippen LogP contribution in [0.3, 0.4) is 0 Å². The van der Waals surface area contributed by atoms with Crippen molar-refractivity contribution in [2.24, 2.45) is 0 Å². The highest BCUT2D eigenvalue weighted by Gasteiger charge is 2.36. The van der Waals surface area contributed by atoms with Gasteiger partial charge in [0.1, 0.15) is 0 Å². The minimum atomic E-state index is -0.0281. The second kappa shape index (κ2) is 11.9. The van der Waals surface area contributed by atoms with E-state index in [-0.39, 0.29) is 10.8 Å². The molecule has 0 saturated heterocycles. The lowest BCUT2D eigenvalue weighted by Gasteiger charge is -2.22. The van der Waals surface area contributed by atoms with E-state index in [0.717, 1.165) is 0 Å². The molecule has 274 valence electrons. The van der Waals surface area contributed by atoms with E-state index in [1.165, 1.54) is 121 Å². The van der Waals surface area contributed by atoms with E-state index < -0.39 is 0 Å². The Hall–Kier alpha value is -6.76. The van der Waals surface area contributed by atoms with Gasteiger partial charge in [0.05, 0.1) is 0 Å². The van der Waals surface area contributed by atoms with Crippen LogP contribution in [-0.2, 0) is 10.8 Å². The summed E-state index contributed by atoms with van der Waals surface area (Å²) in [4.78, 5) is 0. The lowest BCUT2D eigenvalue weighted by molar-refractivity contribution is 0.660. The molecule has 0 spiro atoms. The summed E-state index contributed by atoms with van der Waals surface area (Å²) >= 11 is 0. The average molecular weight is 739 g/mol. The molecule has 10 aromatic carbocycles. The topological polar surface area (TPSA) is 0 Å². The first kappa shape index (κ1) is 33.4. The van der Waals surface area contributed by atoms with Crippen LogP contribution in [0.2, 0.25) is 0 Å². The van der Waals surface area contributed by atoms with Gasteiger partial charge in [0.15, 0.2) is 0 Å². The van der Waals surface area contributed by atoms with E-state index in [2.05, 4.69) is 210 Å². The van der Waals surface area contributed by atoms with Crippen LogP contribution in [0.25, 0.3) is 99.1 Å². The summed E-state index contributed by atoms with van der Waals surface area (Å²) in [5.41, 5.74) is 21.1. The van der Waals surface area contributed by atoms with Crippen LogP contribution in [0, 0.1) is 0 Å². The van der Waals surface area contributed by atoms with Gasteiger partial charge in [-0.05, 0) is 140 Å². The third-order valence-corrected chi connectivity index (χ3v) is 13.9. The van der Waals surface area contributed by atoms with Crippen LogP contribution in [0.15, 0.2) is 182 Å². The first-order chi connectivity index (χ1) is 28.3. The standard InChI is InChI=1S/C58H42/c1-57(2)51-14-7-5-12-45(51)47-28-24-40(33-53(47)57)35-16-18-36(19-17-35)43-26-20-37-23-31-50-44(27-21-38-22-30-49(43)55(37)56(38)50)42-11-9-10-39(32-42)41-25-29-48-46-13-6-8-15-52(46)58(3,4)54(48)34-41/h5-34H,1-4H3. The minimum Gasteiger partial charge on any atom is -0.0619 e. The Balaban J connectivity index is 0.922. The van der Waals surface area contributed by atoms with Crippen LogP contribution in [0.5, 0.6) is 0 Å². The van der Waals surface area contributed by atoms with E-state index in [1.807, 2.05) is 0 Å². The molecule has 0 heteroatoms. The van der Waals surface area contributed by atoms with Crippen LogP contribution in [0.4, 0.5) is 0 Å². The molecule has 12 rings (SSSR count). The fourth-order valence-corrected chi connectivity index (χ4v) is 10.8. The van der Waals surface area contributed by atoms with Crippen LogP contribution >= 0.6 is 0 Å². The van der Waals surface area contributed by atoms with Gasteiger partial charge >= 0.3 is 0 Å². The zero-order valence-corrected chi connectivity index (χ0v) is 33.3. The predicted molar refractivity (Wildman–Crippen MR) is 247 cm³/mol. The molecule has 0 unspecified atom stereocenters. The zero-order valence-electron chi connectivity index (χ0n) is 33.3. The Kier molecular flexibility index (Phi) is 6.84. The average Bonchev–Trinajstić information content (AvgIpc) is 3.64. The number of hydrogen-bond donors (Lipinski definition) is 0. The molecule has 0 aliphatic heterocycles. The third-order valence-electron chi connectivity index (χ3n) is 13.9. The molecule has 0 aromatic heterocycles. The van der Waals surface area contributed by atoms with Gasteiger partial charge in [0, 0.05) is 10.8 Å². The lowest BCUT2D eigenvalue weighted by Crippen LogP contribution is -2.14. The van der Waals surface area contributed by atoms with Gasteiger partial charge in [-0.15, -0.1) is 0 Å². The molecule has 0 heterocycles. The van der Waals surface area contributed by atoms with Crippen molar-refractivity contribution < 1.29 is 0 Å². The molecule has 2 aliphatic carbocycles. The van der Waals surface area contributed by atoms with Gasteiger partial charge in [0.2, 0.25) is 0 Å². The number of hydrogen-bond acceptors (Lipinski definition) is 0. The summed E-state index contributed by atoms with van der Waals surface area (Å²) in [7, 11) is 0. The molecule has 0 atom stereocenters. The molecule has 10 aromatic rings. The van der Waals surface area contributed by atoms with Crippen LogP contribution in [-0.4, -0.2) is 0 Å². The van der Waals surface area contributed by atoms with Crippen molar-refractivity contribution in [3.05, 3.63) is 204 Å². The normalized spacial score (nSPS) is 14.5. The molecular weight excluding hydrogens is 697 g/mol. The van der Waals surface area contributed by atoms with Crippen molar-refractivity contribution in [1.82, 2.24) is 0 Å². The maximum atomic E-state index is 2.43. The van der Waals surface area contributed by atoms with Crippen LogP contribution in [0.1, 0.15) is 49.9 Å². The van der Waals surface area contributed by atoms with Gasteiger partial charge in [-0.2, -0.15) is 0 Å². The zero-order chi connectivity index (χ0) is 38.9. The molecule has 58 heavy (non-hydrogen) atoms. The number of rotatable bonds is 4. The van der Waals surface area contributed by atoms with Gasteiger partial charge in [0.25, 0.3) is 0 Å². The van der Waals surface area contributed by atoms with Gasteiger partial charge in [-0.1, -0.05) is 191 Å². The fraction of sp³-hybridized carbons (Fsp3) is 0.103. The fourth-order valence-electron chi connectivity index (χ4n) is 10.8. The SMILES string of the molecule is CC1(C)c2ccccc2-c2ccc(-c3ccc(-c4ccc5ccc6c(-c7cccc(-c8ccc9c(c8)C(C)(C)c8ccccc8-9)c7)ccc7ccc4c5c76)cc3)cc21. The van der Waals surface area contributed by atoms with Crippen molar-refractivity contribution in [1.29, 1.82) is 0 Å². The maximum absolute atomic E-state index is 2.43. The first-order valence-electron chi connectivity index (χ1n) is 20.7. The van der Waals surface area contributed by atoms with E-state index in [4.69, 9.17) is 0 Å². The molecule has 0 bridgehead atoms. The molecule has 0 radical (unpaired) electrons. The van der Waals surface area contributed by atoms with Gasteiger partial charge in [-0.3, -0.25) is 0 Å². The van der Waals surface area contributed by atoms with E-state index in [0.29, 0.717) is 0 Å². The van der Waals surface area contributed by atoms with Crippen molar-refractivity contribution >= 4 is 32.3 Å². The summed E-state index contributed by atoms with van der Waals surface area (Å²) < 4.78 is 0. The maximum Gasteiger partial charge on any atom is 0.0159 e. The number of fused-ring (bicyclic) bond motifs is 6. The van der Waals surface area contributed by atoms with Crippen molar-refractivity contribution in [2.75, 3.05) is 0 Å². The smallest absolute Gasteiger partial charge is 0.0159 e. The second-order valence-corrected chi connectivity index (χ2v) is 17.7. The van der Waals surface area contributed by atoms with E-state index in [1.54, 1.807) is 0 Å². The van der Waals surface area contributed by atoms with Crippen LogP contribution < -0.4 is 0 Å². The summed E-state index contributed by atoms with van der Waals surface area (Å²) in [5.74, 6) is 0. The predicted octanol–water partition coefficient (Wildman–Crippen LogP) is 15.9. The Morgan fingerprint density at radius 3 is 1.22 bits per heavy atom. The first-order valence-corrected chi connectivity index (χ1v) is 20.7. The molecule has 2 aliphatic rings. The molecule has 0 saturated carbocycles. The molecule has 0 N–H and O–H groups in total. The highest BCUT2D eigenvalue weighted by Crippen LogP contribution is 2.51. The molecule has 0 fully saturated rings. The van der Waals surface area contributed by atoms with Crippen molar-refractivity contribution in [3.63, 3.8) is 0 Å². The Labute approximate surface area is 340 Å². The highest BCUT2D eigenvalue weighted by atomic mass is 14.4. The second-order valence-electron chi connectivity index (χ2n) is 17.7. The monoisotopic (exact) mass is 738 g/mol. The third kappa shape index (κ3) is 4.63. The Morgan fingerprint density at radius 2 is 0.655 bits per heavy atom. The van der Waals surface area contributed by atoms with Crippen molar-refractivity contribution in [3.8, 4) is 66.8 Å². The van der Waals surface area contributed by atoms with Gasteiger partial charge in [-0.25, -0.2) is 0 Å². The van der Waals surface area contributed by atoms with E-state index >= 15 is 0 Å². The summed E-state index contributed by atoms with van der Waals surface area (Å²) in [6.07, 6.45) is 0. The summed E-state index contributed by atoms with van der Waals surface area (Å²) in [6.45, 7) is 9.43. The number of benzene rings is 10. The minimum absolute atomic E-state index is 0.0145. The quantitative estimate of drug-likeness (QED) is 0.158. The molecule has 0 amide bonds. The Morgan fingerprint density at radius 1 is 0.259 bits per heavy atom. The lowest BCUT2D eigenvalue weighted by atomic mass is 9.81. The van der Waals surface area contributed by atoms with Crippen molar-refractivity contribution in [2.45, 2.75) is 38.5 Å². The largest absolute Gasteiger partial charge is 0.0619 e. The summed E-state index contributed by atoms with van der Waals surface area (Å²) in [6, 6.07) is 68.8. The van der Waals surface area contributed by atoms with Gasteiger partial charge < -0.3 is 0 Å². The summed E-state index contributed by atoms with van der Waals surface area (Å²) in [5, 5.41) is 7.84. The van der Waals surface area contributed by atoms with E-state index in [9.17, 15) is 0 Å².